The molecule has 2 aromatic heterocycles. The second kappa shape index (κ2) is 7.15. The second-order valence-electron chi connectivity index (χ2n) is 5.79. The van der Waals surface area contributed by atoms with E-state index in [2.05, 4.69) is 26.2 Å². The molecule has 0 bridgehead atoms. The molecule has 3 aromatic rings. The van der Waals surface area contributed by atoms with Gasteiger partial charge in [0, 0.05) is 16.5 Å². The molecule has 2 N–H and O–H groups in total. The van der Waals surface area contributed by atoms with Gasteiger partial charge in [-0.25, -0.2) is 9.37 Å². The van der Waals surface area contributed by atoms with E-state index in [0.717, 1.165) is 0 Å². The average Bonchev–Trinajstić information content (AvgIpc) is 2.62. The highest BCUT2D eigenvalue weighted by molar-refractivity contribution is 5.82. The Kier molecular flexibility index (Phi) is 4.76. The smallest absolute Gasteiger partial charge is 0.252 e. The first-order valence-corrected chi connectivity index (χ1v) is 7.85. The molecule has 0 aliphatic rings. The van der Waals surface area contributed by atoms with Crippen LogP contribution in [0.15, 0.2) is 41.5 Å². The molecule has 26 heavy (non-hydrogen) atoms. The molecule has 0 saturated carbocycles. The minimum atomic E-state index is -0.414. The number of rotatable bonds is 4. The van der Waals surface area contributed by atoms with Gasteiger partial charge in [-0.15, -0.1) is 6.42 Å². The fourth-order valence-corrected chi connectivity index (χ4v) is 2.53. The van der Waals surface area contributed by atoms with E-state index in [1.807, 2.05) is 0 Å². The standard InChI is InChI=1S/C19H15FN4O2/c1-3-15-9-22-17(10-21-15)11(2)23-18(25)8-13-6-12-7-14(20)4-5-16(12)24-19(13)26/h1,4-7,9-11H,8H2,2H3,(H,23,25)(H,24,26)/t11-/m1/s1. The highest BCUT2D eigenvalue weighted by atomic mass is 19.1. The summed E-state index contributed by atoms with van der Waals surface area (Å²) in [5.74, 6) is 1.59. The van der Waals surface area contributed by atoms with Crippen molar-refractivity contribution in [3.8, 4) is 12.3 Å². The normalized spacial score (nSPS) is 11.7. The van der Waals surface area contributed by atoms with E-state index in [4.69, 9.17) is 6.42 Å². The van der Waals surface area contributed by atoms with Crippen molar-refractivity contribution >= 4 is 16.8 Å². The maximum atomic E-state index is 13.3. The van der Waals surface area contributed by atoms with Crippen molar-refractivity contribution in [3.05, 3.63) is 69.8 Å². The first-order valence-electron chi connectivity index (χ1n) is 7.85. The second-order valence-corrected chi connectivity index (χ2v) is 5.79. The van der Waals surface area contributed by atoms with E-state index in [-0.39, 0.29) is 23.5 Å². The number of nitrogens with one attached hydrogen (secondary N) is 2. The number of benzene rings is 1. The molecular formula is C19H15FN4O2. The molecule has 0 radical (unpaired) electrons. The minimum absolute atomic E-state index is 0.137. The molecule has 0 spiro atoms. The lowest BCUT2D eigenvalue weighted by Crippen LogP contribution is -2.30. The Balaban J connectivity index is 1.75. The van der Waals surface area contributed by atoms with Crippen molar-refractivity contribution < 1.29 is 9.18 Å². The van der Waals surface area contributed by atoms with Gasteiger partial charge in [0.05, 0.1) is 30.6 Å². The van der Waals surface area contributed by atoms with Crippen LogP contribution in [0.5, 0.6) is 0 Å². The molecule has 0 saturated heterocycles. The van der Waals surface area contributed by atoms with E-state index in [9.17, 15) is 14.0 Å². The van der Waals surface area contributed by atoms with Crippen molar-refractivity contribution in [2.45, 2.75) is 19.4 Å². The van der Waals surface area contributed by atoms with Crippen LogP contribution in [-0.4, -0.2) is 20.9 Å². The predicted octanol–water partition coefficient (Wildman–Crippen LogP) is 1.86. The number of halogens is 1. The SMILES string of the molecule is C#Cc1cnc([C@@H](C)NC(=O)Cc2cc3cc(F)ccc3[nH]c2=O)cn1. The number of aromatic amines is 1. The van der Waals surface area contributed by atoms with Crippen LogP contribution < -0.4 is 10.9 Å². The maximum absolute atomic E-state index is 13.3. The first kappa shape index (κ1) is 17.3. The van der Waals surface area contributed by atoms with Gasteiger partial charge < -0.3 is 10.3 Å². The molecule has 0 aliphatic heterocycles. The molecule has 0 aliphatic carbocycles. The van der Waals surface area contributed by atoms with Crippen LogP contribution in [0.4, 0.5) is 4.39 Å². The molecule has 130 valence electrons. The van der Waals surface area contributed by atoms with E-state index in [0.29, 0.717) is 22.3 Å². The Morgan fingerprint density at radius 3 is 2.85 bits per heavy atom. The number of carbonyl (C=O) groups excluding carboxylic acids is 1. The highest BCUT2D eigenvalue weighted by Gasteiger charge is 2.14. The van der Waals surface area contributed by atoms with Gasteiger partial charge in [-0.05, 0) is 37.1 Å². The van der Waals surface area contributed by atoms with Gasteiger partial charge in [0.1, 0.15) is 11.5 Å². The number of hydrogen-bond donors (Lipinski definition) is 2. The molecule has 6 nitrogen and oxygen atoms in total. The van der Waals surface area contributed by atoms with Gasteiger partial charge in [-0.3, -0.25) is 14.6 Å². The van der Waals surface area contributed by atoms with Gasteiger partial charge in [-0.2, -0.15) is 0 Å². The van der Waals surface area contributed by atoms with Crippen LogP contribution in [-0.2, 0) is 11.2 Å². The third kappa shape index (κ3) is 3.75. The van der Waals surface area contributed by atoms with Crippen molar-refractivity contribution in [3.63, 3.8) is 0 Å². The lowest BCUT2D eigenvalue weighted by atomic mass is 10.1. The van der Waals surface area contributed by atoms with Crippen LogP contribution in [0.2, 0.25) is 0 Å². The van der Waals surface area contributed by atoms with Crippen molar-refractivity contribution in [2.24, 2.45) is 0 Å². The summed E-state index contributed by atoms with van der Waals surface area (Å²) in [4.78, 5) is 35.2. The molecule has 0 fully saturated rings. The van der Waals surface area contributed by atoms with Gasteiger partial charge in [0.15, 0.2) is 0 Å². The predicted molar refractivity (Wildman–Crippen MR) is 94.8 cm³/mol. The van der Waals surface area contributed by atoms with Crippen molar-refractivity contribution in [1.82, 2.24) is 20.3 Å². The third-order valence-electron chi connectivity index (χ3n) is 3.88. The Morgan fingerprint density at radius 2 is 2.15 bits per heavy atom. The van der Waals surface area contributed by atoms with Crippen LogP contribution in [0, 0.1) is 18.2 Å². The lowest BCUT2D eigenvalue weighted by Gasteiger charge is -2.13. The lowest BCUT2D eigenvalue weighted by molar-refractivity contribution is -0.121. The zero-order chi connectivity index (χ0) is 18.7. The zero-order valence-corrected chi connectivity index (χ0v) is 13.9. The number of nitrogens with zero attached hydrogens (tertiary/aromatic N) is 2. The number of amides is 1. The molecule has 7 heteroatoms. The highest BCUT2D eigenvalue weighted by Crippen LogP contribution is 2.13. The molecule has 3 rings (SSSR count). The molecule has 0 unspecified atom stereocenters. The van der Waals surface area contributed by atoms with Crippen molar-refractivity contribution in [2.75, 3.05) is 0 Å². The summed E-state index contributed by atoms with van der Waals surface area (Å²) in [5, 5.41) is 3.27. The average molecular weight is 350 g/mol. The fourth-order valence-electron chi connectivity index (χ4n) is 2.53. The van der Waals surface area contributed by atoms with Gasteiger partial charge in [0.2, 0.25) is 5.91 Å². The number of pyridine rings is 1. The summed E-state index contributed by atoms with van der Waals surface area (Å²) in [7, 11) is 0. The number of aromatic nitrogens is 3. The number of hydrogen-bond acceptors (Lipinski definition) is 4. The minimum Gasteiger partial charge on any atom is -0.348 e. The third-order valence-corrected chi connectivity index (χ3v) is 3.88. The summed E-state index contributed by atoms with van der Waals surface area (Å²) >= 11 is 0. The number of fused-ring (bicyclic) bond motifs is 1. The number of H-pyrrole nitrogens is 1. The first-order chi connectivity index (χ1) is 12.5. The van der Waals surface area contributed by atoms with Crippen LogP contribution in [0.25, 0.3) is 10.9 Å². The van der Waals surface area contributed by atoms with Crippen LogP contribution >= 0.6 is 0 Å². The molecule has 1 atom stereocenters. The monoisotopic (exact) mass is 350 g/mol. The Labute approximate surface area is 148 Å². The summed E-state index contributed by atoms with van der Waals surface area (Å²) in [6, 6.07) is 5.16. The Hall–Kier alpha value is -3.53. The van der Waals surface area contributed by atoms with Crippen LogP contribution in [0.3, 0.4) is 0 Å². The van der Waals surface area contributed by atoms with Gasteiger partial charge >= 0.3 is 0 Å². The summed E-state index contributed by atoms with van der Waals surface area (Å²) < 4.78 is 13.3. The van der Waals surface area contributed by atoms with E-state index in [1.54, 1.807) is 6.92 Å². The van der Waals surface area contributed by atoms with E-state index >= 15 is 0 Å². The van der Waals surface area contributed by atoms with Gasteiger partial charge in [0.25, 0.3) is 5.56 Å². The van der Waals surface area contributed by atoms with Crippen molar-refractivity contribution in [1.29, 1.82) is 0 Å². The maximum Gasteiger partial charge on any atom is 0.252 e. The topological polar surface area (TPSA) is 87.7 Å². The Morgan fingerprint density at radius 1 is 1.35 bits per heavy atom. The van der Waals surface area contributed by atoms with Gasteiger partial charge in [-0.1, -0.05) is 0 Å². The summed E-state index contributed by atoms with van der Waals surface area (Å²) in [6.45, 7) is 1.75. The molecule has 2 heterocycles. The summed E-state index contributed by atoms with van der Waals surface area (Å²) in [6.07, 6.45) is 8.03. The molecule has 1 amide bonds. The molecular weight excluding hydrogens is 335 g/mol. The number of carbonyl (C=O) groups is 1. The summed E-state index contributed by atoms with van der Waals surface area (Å²) in [5.41, 5.74) is 1.33. The quantitative estimate of drug-likeness (QED) is 0.703. The van der Waals surface area contributed by atoms with E-state index in [1.165, 1.54) is 36.7 Å². The molecule has 1 aromatic carbocycles. The largest absolute Gasteiger partial charge is 0.348 e. The van der Waals surface area contributed by atoms with Crippen LogP contribution in [0.1, 0.15) is 29.9 Å². The number of terminal acetylenes is 1. The zero-order valence-electron chi connectivity index (χ0n) is 13.9. The fraction of sp³-hybridized carbons (Fsp3) is 0.158. The Bertz CT molecular complexity index is 1070. The van der Waals surface area contributed by atoms with E-state index < -0.39 is 11.9 Å².